The van der Waals surface area contributed by atoms with Crippen LogP contribution in [0.2, 0.25) is 0 Å². The molecular formula is C15H16N6O. The second-order valence-electron chi connectivity index (χ2n) is 5.01. The first-order chi connectivity index (χ1) is 10.7. The van der Waals surface area contributed by atoms with E-state index in [2.05, 4.69) is 20.1 Å². The molecule has 0 fully saturated rings. The van der Waals surface area contributed by atoms with E-state index in [-0.39, 0.29) is 5.91 Å². The van der Waals surface area contributed by atoms with Gasteiger partial charge in [0.2, 0.25) is 5.91 Å². The lowest BCUT2D eigenvalue weighted by molar-refractivity contribution is -0.130. The van der Waals surface area contributed by atoms with Gasteiger partial charge in [-0.2, -0.15) is 5.10 Å². The molecule has 0 saturated carbocycles. The van der Waals surface area contributed by atoms with Gasteiger partial charge >= 0.3 is 0 Å². The van der Waals surface area contributed by atoms with Crippen LogP contribution in [0.5, 0.6) is 0 Å². The topological polar surface area (TPSA) is 76.8 Å². The summed E-state index contributed by atoms with van der Waals surface area (Å²) in [4.78, 5) is 26.5. The number of benzene rings is 1. The summed E-state index contributed by atoms with van der Waals surface area (Å²) in [5, 5.41) is 3.98. The Balaban J connectivity index is 1.61. The molecule has 2 heterocycles. The molecule has 0 spiro atoms. The fourth-order valence-corrected chi connectivity index (χ4v) is 2.15. The third kappa shape index (κ3) is 3.25. The van der Waals surface area contributed by atoms with Gasteiger partial charge in [-0.15, -0.1) is 0 Å². The van der Waals surface area contributed by atoms with Gasteiger partial charge in [-0.3, -0.25) is 14.5 Å². The molecule has 0 aliphatic carbocycles. The Hall–Kier alpha value is -2.83. The van der Waals surface area contributed by atoms with E-state index in [1.165, 1.54) is 6.33 Å². The first-order valence-electron chi connectivity index (χ1n) is 6.99. The van der Waals surface area contributed by atoms with E-state index < -0.39 is 0 Å². The van der Waals surface area contributed by atoms with E-state index in [9.17, 15) is 4.79 Å². The highest BCUT2D eigenvalue weighted by Crippen LogP contribution is 2.10. The second-order valence-corrected chi connectivity index (χ2v) is 5.01. The van der Waals surface area contributed by atoms with Crippen LogP contribution in [0.3, 0.4) is 0 Å². The van der Waals surface area contributed by atoms with Crippen LogP contribution in [0.1, 0.15) is 12.1 Å². The Labute approximate surface area is 127 Å². The molecule has 3 rings (SSSR count). The quantitative estimate of drug-likeness (QED) is 0.708. The predicted octanol–water partition coefficient (Wildman–Crippen LogP) is 1.27. The maximum atomic E-state index is 12.1. The first kappa shape index (κ1) is 14.1. The summed E-state index contributed by atoms with van der Waals surface area (Å²) in [6, 6.07) is 7.68. The number of amides is 1. The standard InChI is InChI=1S/C15H16N6O/c1-20(15(22)6-7-21-11-16-10-18-21)9-12-8-17-13-4-2-3-5-14(13)19-12/h2-5,8,10-11H,6-7,9H2,1H3. The van der Waals surface area contributed by atoms with Crippen molar-refractivity contribution in [2.45, 2.75) is 19.5 Å². The monoisotopic (exact) mass is 296 g/mol. The van der Waals surface area contributed by atoms with Crippen molar-refractivity contribution in [3.63, 3.8) is 0 Å². The minimum absolute atomic E-state index is 0.0328. The first-order valence-corrected chi connectivity index (χ1v) is 6.99. The molecule has 0 bridgehead atoms. The Morgan fingerprint density at radius 3 is 2.86 bits per heavy atom. The summed E-state index contributed by atoms with van der Waals surface area (Å²) in [6.07, 6.45) is 5.14. The van der Waals surface area contributed by atoms with E-state index in [1.54, 1.807) is 29.2 Å². The number of hydrogen-bond acceptors (Lipinski definition) is 5. The van der Waals surface area contributed by atoms with Crippen LogP contribution in [-0.2, 0) is 17.9 Å². The number of aromatic nitrogens is 5. The highest BCUT2D eigenvalue weighted by Gasteiger charge is 2.11. The number of rotatable bonds is 5. The minimum atomic E-state index is 0.0328. The van der Waals surface area contributed by atoms with E-state index in [1.807, 2.05) is 24.3 Å². The lowest BCUT2D eigenvalue weighted by Crippen LogP contribution is -2.27. The molecule has 22 heavy (non-hydrogen) atoms. The molecule has 0 radical (unpaired) electrons. The van der Waals surface area contributed by atoms with Crippen molar-refractivity contribution in [1.29, 1.82) is 0 Å². The summed E-state index contributed by atoms with van der Waals surface area (Å²) in [6.45, 7) is 0.959. The molecule has 0 unspecified atom stereocenters. The average molecular weight is 296 g/mol. The summed E-state index contributed by atoms with van der Waals surface area (Å²) in [5.41, 5.74) is 2.46. The SMILES string of the molecule is CN(Cc1cnc2ccccc2n1)C(=O)CCn1cncn1. The second kappa shape index (κ2) is 6.30. The third-order valence-electron chi connectivity index (χ3n) is 3.34. The highest BCUT2D eigenvalue weighted by atomic mass is 16.2. The Morgan fingerprint density at radius 2 is 2.09 bits per heavy atom. The predicted molar refractivity (Wildman–Crippen MR) is 80.7 cm³/mol. The molecule has 112 valence electrons. The van der Waals surface area contributed by atoms with Gasteiger partial charge in [0.15, 0.2) is 0 Å². The molecule has 0 N–H and O–H groups in total. The third-order valence-corrected chi connectivity index (χ3v) is 3.34. The van der Waals surface area contributed by atoms with Crippen LogP contribution in [0, 0.1) is 0 Å². The molecule has 0 saturated heterocycles. The summed E-state index contributed by atoms with van der Waals surface area (Å²) < 4.78 is 1.64. The number of hydrogen-bond donors (Lipinski definition) is 0. The fraction of sp³-hybridized carbons (Fsp3) is 0.267. The van der Waals surface area contributed by atoms with Crippen LogP contribution >= 0.6 is 0 Å². The maximum absolute atomic E-state index is 12.1. The average Bonchev–Trinajstić information content (AvgIpc) is 3.06. The number of para-hydroxylation sites is 2. The van der Waals surface area contributed by atoms with Gasteiger partial charge in [-0.1, -0.05) is 12.1 Å². The zero-order chi connectivity index (χ0) is 15.4. The number of aryl methyl sites for hydroxylation is 1. The minimum Gasteiger partial charge on any atom is -0.340 e. The Kier molecular flexibility index (Phi) is 4.04. The number of fused-ring (bicyclic) bond motifs is 1. The van der Waals surface area contributed by atoms with Gasteiger partial charge < -0.3 is 4.90 Å². The molecule has 1 aromatic carbocycles. The molecule has 3 aromatic rings. The molecule has 0 aliphatic rings. The van der Waals surface area contributed by atoms with Crippen molar-refractivity contribution in [2.75, 3.05) is 7.05 Å². The zero-order valence-corrected chi connectivity index (χ0v) is 12.3. The molecule has 2 aromatic heterocycles. The molecule has 7 heteroatoms. The van der Waals surface area contributed by atoms with Gasteiger partial charge in [-0.25, -0.2) is 9.97 Å². The van der Waals surface area contributed by atoms with Crippen molar-refractivity contribution in [3.8, 4) is 0 Å². The highest BCUT2D eigenvalue weighted by molar-refractivity contribution is 5.76. The Morgan fingerprint density at radius 1 is 1.27 bits per heavy atom. The van der Waals surface area contributed by atoms with Crippen LogP contribution in [0.15, 0.2) is 43.1 Å². The van der Waals surface area contributed by atoms with Crippen LogP contribution < -0.4 is 0 Å². The smallest absolute Gasteiger partial charge is 0.224 e. The van der Waals surface area contributed by atoms with Gasteiger partial charge in [-0.05, 0) is 12.1 Å². The fourth-order valence-electron chi connectivity index (χ4n) is 2.15. The molecule has 0 aliphatic heterocycles. The lowest BCUT2D eigenvalue weighted by atomic mass is 10.3. The van der Waals surface area contributed by atoms with Crippen molar-refractivity contribution in [2.24, 2.45) is 0 Å². The molecule has 0 atom stereocenters. The van der Waals surface area contributed by atoms with Crippen LogP contribution in [0.25, 0.3) is 11.0 Å². The van der Waals surface area contributed by atoms with E-state index >= 15 is 0 Å². The van der Waals surface area contributed by atoms with Crippen LogP contribution in [-0.4, -0.2) is 42.6 Å². The number of nitrogens with zero attached hydrogens (tertiary/aromatic N) is 6. The van der Waals surface area contributed by atoms with E-state index in [0.29, 0.717) is 19.5 Å². The molecular weight excluding hydrogens is 280 g/mol. The van der Waals surface area contributed by atoms with Crippen molar-refractivity contribution in [3.05, 3.63) is 48.8 Å². The van der Waals surface area contributed by atoms with Gasteiger partial charge in [0.25, 0.3) is 0 Å². The largest absolute Gasteiger partial charge is 0.340 e. The Bertz CT molecular complexity index is 771. The number of carbonyl (C=O) groups is 1. The van der Waals surface area contributed by atoms with E-state index in [0.717, 1.165) is 16.7 Å². The van der Waals surface area contributed by atoms with Crippen molar-refractivity contribution in [1.82, 2.24) is 29.6 Å². The van der Waals surface area contributed by atoms with Crippen LogP contribution in [0.4, 0.5) is 0 Å². The van der Waals surface area contributed by atoms with Gasteiger partial charge in [0.1, 0.15) is 12.7 Å². The lowest BCUT2D eigenvalue weighted by Gasteiger charge is -2.16. The number of carbonyl (C=O) groups excluding carboxylic acids is 1. The van der Waals surface area contributed by atoms with Crippen molar-refractivity contribution >= 4 is 16.9 Å². The zero-order valence-electron chi connectivity index (χ0n) is 12.3. The molecule has 7 nitrogen and oxygen atoms in total. The van der Waals surface area contributed by atoms with Crippen molar-refractivity contribution < 1.29 is 4.79 Å². The van der Waals surface area contributed by atoms with Gasteiger partial charge in [0, 0.05) is 13.5 Å². The maximum Gasteiger partial charge on any atom is 0.224 e. The molecule has 1 amide bonds. The van der Waals surface area contributed by atoms with Gasteiger partial charge in [0.05, 0.1) is 36.0 Å². The summed E-state index contributed by atoms with van der Waals surface area (Å²) in [7, 11) is 1.76. The summed E-state index contributed by atoms with van der Waals surface area (Å²) >= 11 is 0. The normalized spacial score (nSPS) is 10.8. The van der Waals surface area contributed by atoms with E-state index in [4.69, 9.17) is 0 Å². The summed E-state index contributed by atoms with van der Waals surface area (Å²) in [5.74, 6) is 0.0328.